The third-order valence-electron chi connectivity index (χ3n) is 2.66. The maximum absolute atomic E-state index is 11.5. The van der Waals surface area contributed by atoms with E-state index in [1.54, 1.807) is 0 Å². The van der Waals surface area contributed by atoms with E-state index in [1.807, 2.05) is 23.9 Å². The van der Waals surface area contributed by atoms with Gasteiger partial charge in [0, 0.05) is 12.2 Å². The zero-order valence-corrected chi connectivity index (χ0v) is 10.4. The largest absolute Gasteiger partial charge is 0.310 e. The Labute approximate surface area is 97.0 Å². The first-order valence-corrected chi connectivity index (χ1v) is 5.93. The molecule has 0 bridgehead atoms. The zero-order chi connectivity index (χ0) is 12.0. The molecule has 1 aromatic rings. The summed E-state index contributed by atoms with van der Waals surface area (Å²) in [7, 11) is 0. The molecule has 4 heteroatoms. The summed E-state index contributed by atoms with van der Waals surface area (Å²) >= 11 is 0. The number of aromatic nitrogens is 2. The van der Waals surface area contributed by atoms with Crippen LogP contribution in [0, 0.1) is 0 Å². The van der Waals surface area contributed by atoms with E-state index in [9.17, 15) is 4.79 Å². The number of nitrogens with zero attached hydrogens (tertiary/aromatic N) is 2. The van der Waals surface area contributed by atoms with Crippen LogP contribution in [0.25, 0.3) is 0 Å². The van der Waals surface area contributed by atoms with E-state index in [1.165, 1.54) is 0 Å². The van der Waals surface area contributed by atoms with Crippen molar-refractivity contribution >= 4 is 5.78 Å². The van der Waals surface area contributed by atoms with E-state index in [0.717, 1.165) is 18.7 Å². The van der Waals surface area contributed by atoms with Gasteiger partial charge in [-0.15, -0.1) is 0 Å². The number of hydrogen-bond donors (Lipinski definition) is 1. The highest BCUT2D eigenvalue weighted by Gasteiger charge is 2.08. The van der Waals surface area contributed by atoms with E-state index in [0.29, 0.717) is 19.0 Å². The monoisotopic (exact) mass is 223 g/mol. The van der Waals surface area contributed by atoms with Crippen LogP contribution in [0.1, 0.15) is 38.9 Å². The van der Waals surface area contributed by atoms with Crippen LogP contribution in [0.3, 0.4) is 0 Å². The minimum absolute atomic E-state index is 0.191. The molecular weight excluding hydrogens is 202 g/mol. The number of hydrogen-bond acceptors (Lipinski definition) is 3. The summed E-state index contributed by atoms with van der Waals surface area (Å²) in [6.45, 7) is 7.50. The molecule has 0 saturated carbocycles. The number of Topliss-reactive ketones (excluding diaryl/α,β-unsaturated/α-hetero) is 1. The van der Waals surface area contributed by atoms with Crippen LogP contribution in [0.2, 0.25) is 0 Å². The van der Waals surface area contributed by atoms with E-state index < -0.39 is 0 Å². The van der Waals surface area contributed by atoms with Crippen molar-refractivity contribution in [3.8, 4) is 0 Å². The molecule has 1 unspecified atom stereocenters. The highest BCUT2D eigenvalue weighted by Crippen LogP contribution is 2.09. The van der Waals surface area contributed by atoms with Gasteiger partial charge in [-0.25, -0.2) is 0 Å². The van der Waals surface area contributed by atoms with Gasteiger partial charge in [-0.05, 0) is 26.0 Å². The fourth-order valence-corrected chi connectivity index (χ4v) is 1.43. The van der Waals surface area contributed by atoms with Gasteiger partial charge >= 0.3 is 0 Å². The molecule has 0 amide bonds. The lowest BCUT2D eigenvalue weighted by Crippen LogP contribution is -2.23. The summed E-state index contributed by atoms with van der Waals surface area (Å²) in [6, 6.07) is 2.33. The minimum Gasteiger partial charge on any atom is -0.310 e. The first kappa shape index (κ1) is 12.9. The molecule has 0 aromatic carbocycles. The number of likely N-dealkylation sites (N-methyl/N-ethyl adjacent to an activating group) is 1. The molecule has 1 aromatic heterocycles. The topological polar surface area (TPSA) is 46.9 Å². The SMILES string of the molecule is CCNCC(=O)Cc1ccn(C(C)CC)n1. The first-order chi connectivity index (χ1) is 7.67. The summed E-state index contributed by atoms with van der Waals surface area (Å²) in [4.78, 5) is 11.5. The number of carbonyl (C=O) groups excluding carboxylic acids is 1. The van der Waals surface area contributed by atoms with Crippen molar-refractivity contribution in [2.45, 2.75) is 39.7 Å². The molecule has 0 radical (unpaired) electrons. The third-order valence-corrected chi connectivity index (χ3v) is 2.66. The molecule has 0 saturated heterocycles. The molecule has 1 rings (SSSR count). The van der Waals surface area contributed by atoms with Crippen LogP contribution >= 0.6 is 0 Å². The van der Waals surface area contributed by atoms with Crippen molar-refractivity contribution in [3.63, 3.8) is 0 Å². The Morgan fingerprint density at radius 2 is 2.31 bits per heavy atom. The lowest BCUT2D eigenvalue weighted by atomic mass is 10.2. The fraction of sp³-hybridized carbons (Fsp3) is 0.667. The van der Waals surface area contributed by atoms with Gasteiger partial charge in [0.05, 0.1) is 18.7 Å². The Morgan fingerprint density at radius 1 is 1.56 bits per heavy atom. The van der Waals surface area contributed by atoms with Gasteiger partial charge in [-0.1, -0.05) is 13.8 Å². The molecule has 0 fully saturated rings. The van der Waals surface area contributed by atoms with Crippen molar-refractivity contribution < 1.29 is 4.79 Å². The van der Waals surface area contributed by atoms with Crippen molar-refractivity contribution in [1.29, 1.82) is 0 Å². The summed E-state index contributed by atoms with van der Waals surface area (Å²) < 4.78 is 1.93. The number of nitrogens with one attached hydrogen (secondary N) is 1. The first-order valence-electron chi connectivity index (χ1n) is 5.93. The molecule has 1 atom stereocenters. The summed E-state index contributed by atoms with van der Waals surface area (Å²) in [6.07, 6.45) is 3.42. The average Bonchev–Trinajstić information content (AvgIpc) is 2.73. The summed E-state index contributed by atoms with van der Waals surface area (Å²) in [5.74, 6) is 0.191. The maximum atomic E-state index is 11.5. The maximum Gasteiger partial charge on any atom is 0.152 e. The molecule has 0 spiro atoms. The lowest BCUT2D eigenvalue weighted by Gasteiger charge is -2.08. The van der Waals surface area contributed by atoms with Crippen LogP contribution in [0.15, 0.2) is 12.3 Å². The molecule has 0 aliphatic rings. The Morgan fingerprint density at radius 3 is 2.94 bits per heavy atom. The lowest BCUT2D eigenvalue weighted by molar-refractivity contribution is -0.117. The van der Waals surface area contributed by atoms with Crippen molar-refractivity contribution in [1.82, 2.24) is 15.1 Å². The van der Waals surface area contributed by atoms with Crippen LogP contribution in [-0.4, -0.2) is 28.7 Å². The second kappa shape index (κ2) is 6.43. The van der Waals surface area contributed by atoms with Crippen molar-refractivity contribution in [2.75, 3.05) is 13.1 Å². The molecule has 90 valence electrons. The molecular formula is C12H21N3O. The van der Waals surface area contributed by atoms with Crippen LogP contribution in [-0.2, 0) is 11.2 Å². The second-order valence-corrected chi connectivity index (χ2v) is 4.04. The second-order valence-electron chi connectivity index (χ2n) is 4.04. The third kappa shape index (κ3) is 3.77. The Hall–Kier alpha value is -1.16. The van der Waals surface area contributed by atoms with Crippen LogP contribution in [0.4, 0.5) is 0 Å². The summed E-state index contributed by atoms with van der Waals surface area (Å²) in [5, 5.41) is 7.42. The van der Waals surface area contributed by atoms with E-state index in [2.05, 4.69) is 24.3 Å². The van der Waals surface area contributed by atoms with Gasteiger partial charge in [-0.2, -0.15) is 5.10 Å². The quantitative estimate of drug-likeness (QED) is 0.763. The highest BCUT2D eigenvalue weighted by atomic mass is 16.1. The molecule has 1 N–H and O–H groups in total. The molecule has 0 aliphatic carbocycles. The number of ketones is 1. The molecule has 16 heavy (non-hydrogen) atoms. The zero-order valence-electron chi connectivity index (χ0n) is 10.4. The van der Waals surface area contributed by atoms with Crippen LogP contribution < -0.4 is 5.32 Å². The highest BCUT2D eigenvalue weighted by molar-refractivity contribution is 5.82. The molecule has 4 nitrogen and oxygen atoms in total. The summed E-state index contributed by atoms with van der Waals surface area (Å²) in [5.41, 5.74) is 0.864. The number of rotatable bonds is 7. The van der Waals surface area contributed by atoms with Gasteiger partial charge in [0.25, 0.3) is 0 Å². The standard InChI is InChI=1S/C12H21N3O/c1-4-10(3)15-7-6-11(14-15)8-12(16)9-13-5-2/h6-7,10,13H,4-5,8-9H2,1-3H3. The average molecular weight is 223 g/mol. The van der Waals surface area contributed by atoms with Gasteiger partial charge in [0.15, 0.2) is 5.78 Å². The predicted molar refractivity (Wildman–Crippen MR) is 64.5 cm³/mol. The smallest absolute Gasteiger partial charge is 0.152 e. The Balaban J connectivity index is 2.48. The van der Waals surface area contributed by atoms with E-state index in [4.69, 9.17) is 0 Å². The Kier molecular flexibility index (Phi) is 5.19. The van der Waals surface area contributed by atoms with Crippen molar-refractivity contribution in [2.24, 2.45) is 0 Å². The predicted octanol–water partition coefficient (Wildman–Crippen LogP) is 1.58. The normalized spacial score (nSPS) is 12.7. The van der Waals surface area contributed by atoms with Gasteiger partial charge in [0.1, 0.15) is 0 Å². The Bertz CT molecular complexity index is 333. The van der Waals surface area contributed by atoms with E-state index in [-0.39, 0.29) is 5.78 Å². The van der Waals surface area contributed by atoms with Crippen molar-refractivity contribution in [3.05, 3.63) is 18.0 Å². The van der Waals surface area contributed by atoms with Gasteiger partial charge in [-0.3, -0.25) is 9.48 Å². The molecule has 0 aliphatic heterocycles. The van der Waals surface area contributed by atoms with Gasteiger partial charge in [0.2, 0.25) is 0 Å². The molecule has 1 heterocycles. The number of carbonyl (C=O) groups is 1. The fourth-order valence-electron chi connectivity index (χ4n) is 1.43. The van der Waals surface area contributed by atoms with Gasteiger partial charge < -0.3 is 5.32 Å². The van der Waals surface area contributed by atoms with Crippen LogP contribution in [0.5, 0.6) is 0 Å². The van der Waals surface area contributed by atoms with E-state index >= 15 is 0 Å². The minimum atomic E-state index is 0.191.